The Morgan fingerprint density at radius 1 is 1.18 bits per heavy atom. The van der Waals surface area contributed by atoms with E-state index in [-0.39, 0.29) is 6.54 Å². The maximum Gasteiger partial charge on any atom is 0.241 e. The van der Waals surface area contributed by atoms with Crippen LogP contribution in [0.4, 0.5) is 0 Å². The van der Waals surface area contributed by atoms with E-state index in [1.54, 1.807) is 6.07 Å². The van der Waals surface area contributed by atoms with Crippen LogP contribution in [-0.4, -0.2) is 17.8 Å². The molecule has 0 saturated carbocycles. The van der Waals surface area contributed by atoms with Crippen molar-refractivity contribution in [3.8, 4) is 0 Å². The topological polar surface area (TPSA) is 63.5 Å². The van der Waals surface area contributed by atoms with Gasteiger partial charge in [0.1, 0.15) is 0 Å². The Labute approximate surface area is 133 Å². The summed E-state index contributed by atoms with van der Waals surface area (Å²) in [6, 6.07) is 3.62. The number of thiazole rings is 1. The van der Waals surface area contributed by atoms with Crippen LogP contribution in [-0.2, 0) is 16.6 Å². The fourth-order valence-corrected chi connectivity index (χ4v) is 4.36. The Hall–Kier alpha value is -1.70. The lowest BCUT2D eigenvalue weighted by Gasteiger charge is -2.11. The highest BCUT2D eigenvalue weighted by atomic mass is 32.2. The van der Waals surface area contributed by atoms with Gasteiger partial charge in [0.2, 0.25) is 10.0 Å². The maximum atomic E-state index is 12.5. The Kier molecular flexibility index (Phi) is 3.80. The molecule has 22 heavy (non-hydrogen) atoms. The second-order valence-corrected chi connectivity index (χ2v) is 7.96. The summed E-state index contributed by atoms with van der Waals surface area (Å²) in [5.74, 6) is 0. The van der Waals surface area contributed by atoms with Crippen LogP contribution < -0.4 is 4.72 Å². The molecule has 0 amide bonds. The van der Waals surface area contributed by atoms with Gasteiger partial charge in [-0.2, -0.15) is 0 Å². The van der Waals surface area contributed by atoms with E-state index < -0.39 is 10.0 Å². The highest BCUT2D eigenvalue weighted by Gasteiger charge is 2.18. The van der Waals surface area contributed by atoms with Crippen LogP contribution in [0.1, 0.15) is 22.4 Å². The van der Waals surface area contributed by atoms with E-state index in [0.29, 0.717) is 10.6 Å². The van der Waals surface area contributed by atoms with Crippen molar-refractivity contribution in [1.82, 2.24) is 14.1 Å². The highest BCUT2D eigenvalue weighted by Crippen LogP contribution is 2.20. The molecule has 2 heterocycles. The predicted molar refractivity (Wildman–Crippen MR) is 87.7 cm³/mol. The van der Waals surface area contributed by atoms with Crippen molar-refractivity contribution in [2.45, 2.75) is 32.2 Å². The number of aromatic nitrogens is 2. The summed E-state index contributed by atoms with van der Waals surface area (Å²) in [4.78, 5) is 5.57. The van der Waals surface area contributed by atoms with Gasteiger partial charge < -0.3 is 0 Å². The zero-order valence-corrected chi connectivity index (χ0v) is 14.3. The number of hydrogen-bond donors (Lipinski definition) is 1. The zero-order chi connectivity index (χ0) is 15.9. The van der Waals surface area contributed by atoms with E-state index in [0.717, 1.165) is 21.7 Å². The minimum absolute atomic E-state index is 0.184. The molecule has 0 atom stereocenters. The van der Waals surface area contributed by atoms with Crippen molar-refractivity contribution in [2.24, 2.45) is 0 Å². The molecule has 0 unspecified atom stereocenters. The van der Waals surface area contributed by atoms with Gasteiger partial charge in [-0.25, -0.2) is 18.1 Å². The molecule has 3 rings (SSSR count). The Bertz CT molecular complexity index is 911. The molecule has 5 nitrogen and oxygen atoms in total. The highest BCUT2D eigenvalue weighted by molar-refractivity contribution is 7.89. The van der Waals surface area contributed by atoms with E-state index in [4.69, 9.17) is 0 Å². The lowest BCUT2D eigenvalue weighted by Crippen LogP contribution is -2.24. The number of sulfonamides is 1. The largest absolute Gasteiger partial charge is 0.297 e. The van der Waals surface area contributed by atoms with Crippen molar-refractivity contribution in [2.75, 3.05) is 0 Å². The van der Waals surface area contributed by atoms with Gasteiger partial charge in [0, 0.05) is 17.8 Å². The van der Waals surface area contributed by atoms with Crippen LogP contribution in [0, 0.1) is 20.8 Å². The Balaban J connectivity index is 1.84. The van der Waals surface area contributed by atoms with Crippen molar-refractivity contribution < 1.29 is 8.42 Å². The summed E-state index contributed by atoms with van der Waals surface area (Å²) >= 11 is 1.52. The second-order valence-electron chi connectivity index (χ2n) is 5.35. The van der Waals surface area contributed by atoms with Gasteiger partial charge in [0.15, 0.2) is 4.96 Å². The molecule has 0 spiro atoms. The summed E-state index contributed by atoms with van der Waals surface area (Å²) in [6.07, 6.45) is 3.74. The fourth-order valence-electron chi connectivity index (χ4n) is 2.33. The Morgan fingerprint density at radius 2 is 1.91 bits per heavy atom. The lowest BCUT2D eigenvalue weighted by molar-refractivity contribution is 0.580. The molecule has 3 aromatic rings. The van der Waals surface area contributed by atoms with E-state index in [9.17, 15) is 8.42 Å². The van der Waals surface area contributed by atoms with Gasteiger partial charge in [0.25, 0.3) is 0 Å². The van der Waals surface area contributed by atoms with Crippen LogP contribution in [0.25, 0.3) is 4.96 Å². The maximum absolute atomic E-state index is 12.5. The third-order valence-electron chi connectivity index (χ3n) is 3.67. The van der Waals surface area contributed by atoms with E-state index in [1.165, 1.54) is 11.3 Å². The summed E-state index contributed by atoms with van der Waals surface area (Å²) in [5.41, 5.74) is 3.51. The first-order valence-corrected chi connectivity index (χ1v) is 9.22. The van der Waals surface area contributed by atoms with Crippen molar-refractivity contribution in [1.29, 1.82) is 0 Å². The number of rotatable bonds is 4. The van der Waals surface area contributed by atoms with Gasteiger partial charge in [-0.05, 0) is 43.5 Å². The van der Waals surface area contributed by atoms with Gasteiger partial charge in [0.05, 0.1) is 17.1 Å². The molecule has 0 aliphatic rings. The monoisotopic (exact) mass is 335 g/mol. The standard InChI is InChI=1S/C15H17N3O2S2/c1-10-6-12(3)14(7-11(10)2)22(19,20)16-8-13-9-18-4-5-21-15(18)17-13/h4-7,9,16H,8H2,1-3H3. The van der Waals surface area contributed by atoms with Crippen LogP contribution in [0.2, 0.25) is 0 Å². The number of benzene rings is 1. The summed E-state index contributed by atoms with van der Waals surface area (Å²) in [7, 11) is -3.54. The predicted octanol–water partition coefficient (Wildman–Crippen LogP) is 2.80. The minimum atomic E-state index is -3.54. The second kappa shape index (κ2) is 5.49. The average molecular weight is 335 g/mol. The molecule has 1 aromatic carbocycles. The molecule has 0 aliphatic heterocycles. The number of imidazole rings is 1. The number of nitrogens with one attached hydrogen (secondary N) is 1. The van der Waals surface area contributed by atoms with E-state index in [2.05, 4.69) is 9.71 Å². The quantitative estimate of drug-likeness (QED) is 0.797. The van der Waals surface area contributed by atoms with E-state index in [1.807, 2.05) is 49.0 Å². The zero-order valence-electron chi connectivity index (χ0n) is 12.6. The molecular formula is C15H17N3O2S2. The molecule has 0 bridgehead atoms. The van der Waals surface area contributed by atoms with Crippen LogP contribution in [0.5, 0.6) is 0 Å². The molecule has 1 N–H and O–H groups in total. The number of aryl methyl sites for hydroxylation is 3. The first kappa shape index (κ1) is 15.2. The normalized spacial score (nSPS) is 12.1. The summed E-state index contributed by atoms with van der Waals surface area (Å²) in [5, 5.41) is 1.94. The van der Waals surface area contributed by atoms with Gasteiger partial charge in [-0.3, -0.25) is 4.40 Å². The number of fused-ring (bicyclic) bond motifs is 1. The number of hydrogen-bond acceptors (Lipinski definition) is 4. The first-order valence-electron chi connectivity index (χ1n) is 6.85. The molecule has 0 aliphatic carbocycles. The number of nitrogens with zero attached hydrogens (tertiary/aromatic N) is 2. The minimum Gasteiger partial charge on any atom is -0.297 e. The van der Waals surface area contributed by atoms with Crippen LogP contribution >= 0.6 is 11.3 Å². The van der Waals surface area contributed by atoms with E-state index >= 15 is 0 Å². The SMILES string of the molecule is Cc1cc(C)c(S(=O)(=O)NCc2cn3ccsc3n2)cc1C. The van der Waals surface area contributed by atoms with Gasteiger partial charge >= 0.3 is 0 Å². The van der Waals surface area contributed by atoms with Gasteiger partial charge in [-0.1, -0.05) is 6.07 Å². The smallest absolute Gasteiger partial charge is 0.241 e. The van der Waals surface area contributed by atoms with Crippen molar-refractivity contribution in [3.05, 3.63) is 52.3 Å². The third kappa shape index (κ3) is 2.79. The fraction of sp³-hybridized carbons (Fsp3) is 0.267. The molecule has 0 radical (unpaired) electrons. The summed E-state index contributed by atoms with van der Waals surface area (Å²) < 4.78 is 29.5. The molecule has 2 aromatic heterocycles. The van der Waals surface area contributed by atoms with Crippen LogP contribution in [0.15, 0.2) is 34.8 Å². The molecule has 116 valence electrons. The molecule has 0 fully saturated rings. The first-order chi connectivity index (χ1) is 10.4. The lowest BCUT2D eigenvalue weighted by atomic mass is 10.1. The van der Waals surface area contributed by atoms with Gasteiger partial charge in [-0.15, -0.1) is 11.3 Å². The van der Waals surface area contributed by atoms with Crippen LogP contribution in [0.3, 0.4) is 0 Å². The Morgan fingerprint density at radius 3 is 2.64 bits per heavy atom. The molecule has 0 saturated heterocycles. The third-order valence-corrected chi connectivity index (χ3v) is 5.98. The van der Waals surface area contributed by atoms with Crippen molar-refractivity contribution >= 4 is 26.3 Å². The summed E-state index contributed by atoms with van der Waals surface area (Å²) in [6.45, 7) is 5.89. The average Bonchev–Trinajstić information content (AvgIpc) is 3.01. The van der Waals surface area contributed by atoms with Crippen molar-refractivity contribution in [3.63, 3.8) is 0 Å². The molecular weight excluding hydrogens is 318 g/mol. The molecule has 7 heteroatoms.